The molecule has 0 aliphatic carbocycles. The second kappa shape index (κ2) is 9.75. The fourth-order valence-corrected chi connectivity index (χ4v) is 4.68. The molecule has 1 atom stereocenters. The number of aryl methyl sites for hydroxylation is 1. The van der Waals surface area contributed by atoms with Gasteiger partial charge in [0.2, 0.25) is 5.91 Å². The molecule has 1 fully saturated rings. The van der Waals surface area contributed by atoms with Crippen molar-refractivity contribution in [2.75, 3.05) is 17.6 Å². The van der Waals surface area contributed by atoms with Crippen LogP contribution in [0.1, 0.15) is 40.6 Å². The summed E-state index contributed by atoms with van der Waals surface area (Å²) in [7, 11) is 1.87. The predicted octanol–water partition coefficient (Wildman–Crippen LogP) is 4.49. The van der Waals surface area contributed by atoms with Gasteiger partial charge in [0, 0.05) is 29.9 Å². The Morgan fingerprint density at radius 2 is 1.97 bits per heavy atom. The molecule has 1 aromatic heterocycles. The van der Waals surface area contributed by atoms with Gasteiger partial charge in [-0.3, -0.25) is 9.59 Å². The Balaban J connectivity index is 1.42. The van der Waals surface area contributed by atoms with Gasteiger partial charge in [-0.25, -0.2) is 0 Å². The maximum absolute atomic E-state index is 13.1. The number of rotatable bonds is 6. The molecule has 3 aromatic rings. The second-order valence-electron chi connectivity index (χ2n) is 7.77. The molecular weight excluding hydrogens is 446 g/mol. The molecule has 1 unspecified atom stereocenters. The topological polar surface area (TPSA) is 80.1 Å². The summed E-state index contributed by atoms with van der Waals surface area (Å²) < 4.78 is 1.88. The molecule has 2 aromatic carbocycles. The summed E-state index contributed by atoms with van der Waals surface area (Å²) in [6.45, 7) is 2.69. The number of benzene rings is 2. The van der Waals surface area contributed by atoms with Crippen LogP contribution in [-0.2, 0) is 11.8 Å². The molecule has 0 saturated carbocycles. The van der Waals surface area contributed by atoms with Gasteiger partial charge in [-0.15, -0.1) is 10.2 Å². The molecule has 2 heterocycles. The first kappa shape index (κ1) is 22.4. The highest BCUT2D eigenvalue weighted by atomic mass is 35.5. The van der Waals surface area contributed by atoms with Gasteiger partial charge >= 0.3 is 0 Å². The molecule has 166 valence electrons. The fourth-order valence-electron chi connectivity index (χ4n) is 3.78. The van der Waals surface area contributed by atoms with Crippen LogP contribution in [0.3, 0.4) is 0 Å². The number of carbonyl (C=O) groups excluding carboxylic acids is 2. The molecule has 32 heavy (non-hydrogen) atoms. The first-order valence-electron chi connectivity index (χ1n) is 10.4. The molecule has 0 radical (unpaired) electrons. The van der Waals surface area contributed by atoms with Crippen molar-refractivity contribution in [1.29, 1.82) is 0 Å². The summed E-state index contributed by atoms with van der Waals surface area (Å²) in [6.07, 6.45) is 1.75. The minimum atomic E-state index is -0.154. The van der Waals surface area contributed by atoms with E-state index in [0.717, 1.165) is 24.2 Å². The zero-order valence-electron chi connectivity index (χ0n) is 17.9. The average Bonchev–Trinajstić information content (AvgIpc) is 3.39. The van der Waals surface area contributed by atoms with E-state index in [4.69, 9.17) is 11.6 Å². The second-order valence-corrected chi connectivity index (χ2v) is 9.15. The lowest BCUT2D eigenvalue weighted by atomic mass is 10.1. The highest BCUT2D eigenvalue weighted by molar-refractivity contribution is 7.99. The molecule has 1 aliphatic heterocycles. The van der Waals surface area contributed by atoms with Crippen LogP contribution in [0, 0.1) is 6.92 Å². The average molecular weight is 470 g/mol. The summed E-state index contributed by atoms with van der Waals surface area (Å²) in [5.41, 5.74) is 2.45. The number of aromatic nitrogens is 3. The lowest BCUT2D eigenvalue weighted by Crippen LogP contribution is -2.31. The van der Waals surface area contributed by atoms with Gasteiger partial charge in [0.25, 0.3) is 5.91 Å². The van der Waals surface area contributed by atoms with Crippen molar-refractivity contribution in [1.82, 2.24) is 19.7 Å². The van der Waals surface area contributed by atoms with E-state index < -0.39 is 0 Å². The molecular formula is C23H24ClN5O2S. The van der Waals surface area contributed by atoms with Crippen molar-refractivity contribution in [3.63, 3.8) is 0 Å². The van der Waals surface area contributed by atoms with Crippen molar-refractivity contribution < 1.29 is 9.59 Å². The van der Waals surface area contributed by atoms with E-state index in [9.17, 15) is 9.59 Å². The van der Waals surface area contributed by atoms with Gasteiger partial charge in [-0.1, -0.05) is 47.1 Å². The monoisotopic (exact) mass is 469 g/mol. The van der Waals surface area contributed by atoms with E-state index >= 15 is 0 Å². The summed E-state index contributed by atoms with van der Waals surface area (Å²) >= 11 is 7.27. The third-order valence-corrected chi connectivity index (χ3v) is 6.67. The molecule has 4 rings (SSSR count). The summed E-state index contributed by atoms with van der Waals surface area (Å²) in [4.78, 5) is 27.3. The lowest BCUT2D eigenvalue weighted by Gasteiger charge is -2.24. The van der Waals surface area contributed by atoms with Gasteiger partial charge in [0.1, 0.15) is 0 Å². The number of carbonyl (C=O) groups is 2. The largest absolute Gasteiger partial charge is 0.328 e. The Labute approximate surface area is 196 Å². The molecule has 2 amide bonds. The summed E-state index contributed by atoms with van der Waals surface area (Å²) in [5.74, 6) is 0.778. The molecule has 1 N–H and O–H groups in total. The standard InChI is InChI=1S/C23H24ClN5O2S/c1-15-8-10-16(11-9-15)22(31)29-12-4-7-19(29)21-26-27-23(28(21)2)32-14-20(30)25-18-6-3-5-17(24)13-18/h3,5-6,8-11,13,19H,4,7,12,14H2,1-2H3,(H,25,30). The third-order valence-electron chi connectivity index (χ3n) is 5.42. The van der Waals surface area contributed by atoms with Crippen LogP contribution in [0.15, 0.2) is 53.7 Å². The summed E-state index contributed by atoms with van der Waals surface area (Å²) in [5, 5.41) is 12.7. The number of anilines is 1. The Bertz CT molecular complexity index is 1130. The smallest absolute Gasteiger partial charge is 0.254 e. The van der Waals surface area contributed by atoms with Gasteiger partial charge in [0.15, 0.2) is 11.0 Å². The minimum absolute atomic E-state index is 0.00519. The zero-order chi connectivity index (χ0) is 22.7. The number of nitrogens with zero attached hydrogens (tertiary/aromatic N) is 4. The maximum Gasteiger partial charge on any atom is 0.254 e. The highest BCUT2D eigenvalue weighted by Gasteiger charge is 2.34. The predicted molar refractivity (Wildman–Crippen MR) is 126 cm³/mol. The number of halogens is 1. The molecule has 0 bridgehead atoms. The van der Waals surface area contributed by atoms with E-state index in [1.165, 1.54) is 11.8 Å². The normalized spacial score (nSPS) is 15.7. The molecule has 1 aliphatic rings. The zero-order valence-corrected chi connectivity index (χ0v) is 19.5. The number of hydrogen-bond donors (Lipinski definition) is 1. The van der Waals surface area contributed by atoms with Crippen molar-refractivity contribution in [3.05, 3.63) is 70.5 Å². The Hall–Kier alpha value is -2.84. The first-order chi connectivity index (χ1) is 15.4. The number of thioether (sulfide) groups is 1. The third kappa shape index (κ3) is 4.97. The van der Waals surface area contributed by atoms with Crippen molar-refractivity contribution >= 4 is 40.9 Å². The van der Waals surface area contributed by atoms with Gasteiger partial charge in [-0.2, -0.15) is 0 Å². The van der Waals surface area contributed by atoms with Crippen LogP contribution < -0.4 is 5.32 Å². The highest BCUT2D eigenvalue weighted by Crippen LogP contribution is 2.33. The van der Waals surface area contributed by atoms with Gasteiger partial charge < -0.3 is 14.8 Å². The van der Waals surface area contributed by atoms with Crippen LogP contribution in [0.2, 0.25) is 5.02 Å². The maximum atomic E-state index is 13.1. The fraction of sp³-hybridized carbons (Fsp3) is 0.304. The molecule has 9 heteroatoms. The number of nitrogens with one attached hydrogen (secondary N) is 1. The van der Waals surface area contributed by atoms with Crippen molar-refractivity contribution in [2.24, 2.45) is 7.05 Å². The molecule has 1 saturated heterocycles. The van der Waals surface area contributed by atoms with Crippen LogP contribution in [-0.4, -0.2) is 43.8 Å². The lowest BCUT2D eigenvalue weighted by molar-refractivity contribution is -0.113. The van der Waals surface area contributed by atoms with Crippen LogP contribution >= 0.6 is 23.4 Å². The van der Waals surface area contributed by atoms with E-state index in [2.05, 4.69) is 15.5 Å². The van der Waals surface area contributed by atoms with E-state index in [-0.39, 0.29) is 23.6 Å². The van der Waals surface area contributed by atoms with E-state index in [1.54, 1.807) is 24.3 Å². The van der Waals surface area contributed by atoms with Crippen LogP contribution in [0.25, 0.3) is 0 Å². The van der Waals surface area contributed by atoms with Crippen molar-refractivity contribution in [2.45, 2.75) is 31.0 Å². The number of hydrogen-bond acceptors (Lipinski definition) is 5. The quantitative estimate of drug-likeness (QED) is 0.538. The Morgan fingerprint density at radius 3 is 2.72 bits per heavy atom. The van der Waals surface area contributed by atoms with Crippen molar-refractivity contribution in [3.8, 4) is 0 Å². The number of amides is 2. The Kier molecular flexibility index (Phi) is 6.81. The van der Waals surface area contributed by atoms with E-state index in [0.29, 0.717) is 28.0 Å². The van der Waals surface area contributed by atoms with Crippen LogP contribution in [0.5, 0.6) is 0 Å². The SMILES string of the molecule is Cc1ccc(C(=O)N2CCCC2c2nnc(SCC(=O)Nc3cccc(Cl)c3)n2C)cc1. The number of likely N-dealkylation sites (tertiary alicyclic amines) is 1. The Morgan fingerprint density at radius 1 is 1.19 bits per heavy atom. The molecule has 7 nitrogen and oxygen atoms in total. The van der Waals surface area contributed by atoms with Gasteiger partial charge in [0.05, 0.1) is 11.8 Å². The molecule has 0 spiro atoms. The van der Waals surface area contributed by atoms with Crippen LogP contribution in [0.4, 0.5) is 5.69 Å². The first-order valence-corrected chi connectivity index (χ1v) is 11.7. The summed E-state index contributed by atoms with van der Waals surface area (Å²) in [6, 6.07) is 14.5. The van der Waals surface area contributed by atoms with E-state index in [1.807, 2.05) is 47.7 Å². The minimum Gasteiger partial charge on any atom is -0.328 e. The van der Waals surface area contributed by atoms with Gasteiger partial charge in [-0.05, 0) is 50.1 Å².